The van der Waals surface area contributed by atoms with E-state index in [1.807, 2.05) is 0 Å². The predicted octanol–water partition coefficient (Wildman–Crippen LogP) is 0.380. The fraction of sp³-hybridized carbons (Fsp3) is 0.455. The molecular formula is C11H14F2NO+. The van der Waals surface area contributed by atoms with Gasteiger partial charge in [0.25, 0.3) is 0 Å². The minimum absolute atomic E-state index is 0.450. The van der Waals surface area contributed by atoms with Crippen molar-refractivity contribution in [3.63, 3.8) is 0 Å². The van der Waals surface area contributed by atoms with Crippen LogP contribution in [-0.4, -0.2) is 26.3 Å². The SMILES string of the molecule is Fc1ccc(C[NH+]2CCOCC2)c(F)c1. The molecule has 1 aliphatic rings. The van der Waals surface area contributed by atoms with Crippen molar-refractivity contribution in [1.29, 1.82) is 0 Å². The molecule has 0 amide bonds. The number of quaternary nitrogens is 1. The van der Waals surface area contributed by atoms with Crippen LogP contribution in [0.1, 0.15) is 5.56 Å². The van der Waals surface area contributed by atoms with Crippen molar-refractivity contribution in [2.24, 2.45) is 0 Å². The van der Waals surface area contributed by atoms with Crippen LogP contribution in [0.15, 0.2) is 18.2 Å². The van der Waals surface area contributed by atoms with Crippen molar-refractivity contribution < 1.29 is 18.4 Å². The number of morpholine rings is 1. The third-order valence-corrected chi connectivity index (χ3v) is 2.66. The molecule has 2 nitrogen and oxygen atoms in total. The number of hydrogen-bond acceptors (Lipinski definition) is 1. The van der Waals surface area contributed by atoms with Crippen molar-refractivity contribution in [3.8, 4) is 0 Å². The van der Waals surface area contributed by atoms with Crippen LogP contribution in [0.2, 0.25) is 0 Å². The van der Waals surface area contributed by atoms with Gasteiger partial charge in [-0.25, -0.2) is 8.78 Å². The summed E-state index contributed by atoms with van der Waals surface area (Å²) in [6, 6.07) is 3.76. The third kappa shape index (κ3) is 2.73. The summed E-state index contributed by atoms with van der Waals surface area (Å²) in [5.74, 6) is -0.970. The standard InChI is InChI=1S/C11H13F2NO/c12-10-2-1-9(11(13)7-10)8-14-3-5-15-6-4-14/h1-2,7H,3-6,8H2/p+1. The average Bonchev–Trinajstić information content (AvgIpc) is 2.24. The molecule has 15 heavy (non-hydrogen) atoms. The van der Waals surface area contributed by atoms with Gasteiger partial charge in [-0.2, -0.15) is 0 Å². The summed E-state index contributed by atoms with van der Waals surface area (Å²) in [7, 11) is 0. The zero-order valence-corrected chi connectivity index (χ0v) is 8.43. The lowest BCUT2D eigenvalue weighted by Gasteiger charge is -2.23. The second-order valence-electron chi connectivity index (χ2n) is 3.77. The molecule has 1 fully saturated rings. The summed E-state index contributed by atoms with van der Waals surface area (Å²) in [4.78, 5) is 1.28. The molecule has 1 aliphatic heterocycles. The fourth-order valence-corrected chi connectivity index (χ4v) is 1.77. The normalized spacial score (nSPS) is 18.0. The van der Waals surface area contributed by atoms with Gasteiger partial charge in [-0.05, 0) is 12.1 Å². The first-order valence-corrected chi connectivity index (χ1v) is 5.11. The lowest BCUT2D eigenvalue weighted by Crippen LogP contribution is -3.12. The molecule has 1 N–H and O–H groups in total. The highest BCUT2D eigenvalue weighted by Gasteiger charge is 2.16. The molecule has 1 aromatic rings. The van der Waals surface area contributed by atoms with E-state index in [0.29, 0.717) is 12.1 Å². The minimum Gasteiger partial charge on any atom is -0.370 e. The van der Waals surface area contributed by atoms with Crippen molar-refractivity contribution >= 4 is 0 Å². The molecule has 0 aliphatic carbocycles. The van der Waals surface area contributed by atoms with E-state index in [4.69, 9.17) is 4.74 Å². The Balaban J connectivity index is 2.03. The van der Waals surface area contributed by atoms with Crippen LogP contribution >= 0.6 is 0 Å². The van der Waals surface area contributed by atoms with E-state index < -0.39 is 11.6 Å². The zero-order valence-electron chi connectivity index (χ0n) is 8.43. The predicted molar refractivity (Wildman–Crippen MR) is 51.6 cm³/mol. The van der Waals surface area contributed by atoms with E-state index in [1.54, 1.807) is 0 Å². The molecule has 0 bridgehead atoms. The van der Waals surface area contributed by atoms with Gasteiger partial charge in [-0.1, -0.05) is 0 Å². The molecule has 82 valence electrons. The Labute approximate surface area is 87.5 Å². The first-order chi connectivity index (χ1) is 7.25. The van der Waals surface area contributed by atoms with Gasteiger partial charge < -0.3 is 9.64 Å². The summed E-state index contributed by atoms with van der Waals surface area (Å²) < 4.78 is 31.2. The fourth-order valence-electron chi connectivity index (χ4n) is 1.77. The first kappa shape index (κ1) is 10.5. The van der Waals surface area contributed by atoms with Gasteiger partial charge >= 0.3 is 0 Å². The zero-order chi connectivity index (χ0) is 10.7. The van der Waals surface area contributed by atoms with E-state index in [0.717, 1.165) is 32.4 Å². The topological polar surface area (TPSA) is 13.7 Å². The van der Waals surface area contributed by atoms with Crippen LogP contribution in [0.4, 0.5) is 8.78 Å². The lowest BCUT2D eigenvalue weighted by atomic mass is 10.2. The van der Waals surface area contributed by atoms with Crippen LogP contribution < -0.4 is 4.90 Å². The minimum atomic E-state index is -0.520. The monoisotopic (exact) mass is 214 g/mol. The second-order valence-corrected chi connectivity index (χ2v) is 3.77. The summed E-state index contributed by atoms with van der Waals surface area (Å²) in [6.45, 7) is 3.82. The molecular weight excluding hydrogens is 200 g/mol. The molecule has 0 saturated carbocycles. The maximum atomic E-state index is 13.3. The Bertz CT molecular complexity index is 337. The summed E-state index contributed by atoms with van der Waals surface area (Å²) >= 11 is 0. The van der Waals surface area contributed by atoms with E-state index in [9.17, 15) is 8.78 Å². The molecule has 1 aromatic carbocycles. The summed E-state index contributed by atoms with van der Waals surface area (Å²) in [6.07, 6.45) is 0. The third-order valence-electron chi connectivity index (χ3n) is 2.66. The van der Waals surface area contributed by atoms with Crippen molar-refractivity contribution in [2.75, 3.05) is 26.3 Å². The molecule has 0 unspecified atom stereocenters. The number of halogens is 2. The molecule has 0 spiro atoms. The van der Waals surface area contributed by atoms with E-state index in [1.165, 1.54) is 17.0 Å². The molecule has 0 aromatic heterocycles. The quantitative estimate of drug-likeness (QED) is 0.751. The van der Waals surface area contributed by atoms with E-state index in [-0.39, 0.29) is 0 Å². The number of hydrogen-bond donors (Lipinski definition) is 1. The van der Waals surface area contributed by atoms with Gasteiger partial charge in [0.15, 0.2) is 0 Å². The molecule has 2 rings (SSSR count). The number of ether oxygens (including phenoxy) is 1. The van der Waals surface area contributed by atoms with Gasteiger partial charge in [-0.3, -0.25) is 0 Å². The number of nitrogens with one attached hydrogen (secondary N) is 1. The highest BCUT2D eigenvalue weighted by Crippen LogP contribution is 2.08. The Morgan fingerprint density at radius 3 is 2.60 bits per heavy atom. The maximum Gasteiger partial charge on any atom is 0.134 e. The summed E-state index contributed by atoms with van der Waals surface area (Å²) in [5.41, 5.74) is 0.577. The molecule has 1 saturated heterocycles. The Morgan fingerprint density at radius 2 is 1.93 bits per heavy atom. The van der Waals surface area contributed by atoms with Gasteiger partial charge in [0.2, 0.25) is 0 Å². The van der Waals surface area contributed by atoms with Crippen LogP contribution in [0.5, 0.6) is 0 Å². The highest BCUT2D eigenvalue weighted by atomic mass is 19.1. The van der Waals surface area contributed by atoms with Crippen LogP contribution in [0.25, 0.3) is 0 Å². The molecule has 4 heteroatoms. The van der Waals surface area contributed by atoms with Crippen molar-refractivity contribution in [2.45, 2.75) is 6.54 Å². The lowest BCUT2D eigenvalue weighted by molar-refractivity contribution is -0.921. The van der Waals surface area contributed by atoms with Gasteiger partial charge in [-0.15, -0.1) is 0 Å². The Morgan fingerprint density at radius 1 is 1.20 bits per heavy atom. The summed E-state index contributed by atoms with van der Waals surface area (Å²) in [5, 5.41) is 0. The molecule has 0 atom stereocenters. The van der Waals surface area contributed by atoms with Gasteiger partial charge in [0, 0.05) is 11.6 Å². The highest BCUT2D eigenvalue weighted by molar-refractivity contribution is 5.17. The number of benzene rings is 1. The first-order valence-electron chi connectivity index (χ1n) is 5.11. The van der Waals surface area contributed by atoms with Crippen molar-refractivity contribution in [1.82, 2.24) is 0 Å². The maximum absolute atomic E-state index is 13.3. The number of rotatable bonds is 2. The largest absolute Gasteiger partial charge is 0.370 e. The van der Waals surface area contributed by atoms with E-state index >= 15 is 0 Å². The Hall–Kier alpha value is -1.00. The van der Waals surface area contributed by atoms with Crippen LogP contribution in [0.3, 0.4) is 0 Å². The van der Waals surface area contributed by atoms with E-state index in [2.05, 4.69) is 0 Å². The Kier molecular flexibility index (Phi) is 3.28. The van der Waals surface area contributed by atoms with Crippen LogP contribution in [0, 0.1) is 11.6 Å². The van der Waals surface area contributed by atoms with Crippen molar-refractivity contribution in [3.05, 3.63) is 35.4 Å². The van der Waals surface area contributed by atoms with Gasteiger partial charge in [0.1, 0.15) is 31.3 Å². The molecule has 0 radical (unpaired) electrons. The van der Waals surface area contributed by atoms with Gasteiger partial charge in [0.05, 0.1) is 13.2 Å². The second kappa shape index (κ2) is 4.68. The average molecular weight is 214 g/mol. The smallest absolute Gasteiger partial charge is 0.134 e. The van der Waals surface area contributed by atoms with Crippen LogP contribution in [-0.2, 0) is 11.3 Å². The molecule has 1 heterocycles.